The number of hydrogen-bond donors (Lipinski definition) is 2. The van der Waals surface area contributed by atoms with Crippen molar-refractivity contribution in [2.75, 3.05) is 19.5 Å². The molecule has 0 bridgehead atoms. The summed E-state index contributed by atoms with van der Waals surface area (Å²) in [6, 6.07) is 0. The summed E-state index contributed by atoms with van der Waals surface area (Å²) in [7, 11) is 0. The Morgan fingerprint density at radius 1 is 1.27 bits per heavy atom. The van der Waals surface area contributed by atoms with E-state index in [2.05, 4.69) is 37.3 Å². The van der Waals surface area contributed by atoms with Gasteiger partial charge in [0.1, 0.15) is 0 Å². The molecule has 0 radical (unpaired) electrons. The first-order chi connectivity index (χ1) is 7.09. The van der Waals surface area contributed by atoms with Crippen LogP contribution in [0.5, 0.6) is 0 Å². The van der Waals surface area contributed by atoms with E-state index in [1.807, 2.05) is 6.92 Å². The topological polar surface area (TPSA) is 49.3 Å². The molecule has 0 heterocycles. The molecule has 0 unspecified atom stereocenters. The van der Waals surface area contributed by atoms with Gasteiger partial charge in [0, 0.05) is 12.0 Å². The molecule has 0 saturated heterocycles. The van der Waals surface area contributed by atoms with Crippen LogP contribution in [0.2, 0.25) is 0 Å². The molecule has 0 aromatic carbocycles. The van der Waals surface area contributed by atoms with E-state index in [0.29, 0.717) is 12.0 Å². The smallest absolute Gasteiger partial charge is 0.330 e. The van der Waals surface area contributed by atoms with Crippen LogP contribution >= 0.6 is 11.6 Å². The Hall–Kier alpha value is -0.540. The first kappa shape index (κ1) is 19.9. The van der Waals surface area contributed by atoms with Crippen molar-refractivity contribution in [3.63, 3.8) is 0 Å². The van der Waals surface area contributed by atoms with Crippen molar-refractivity contribution < 1.29 is 9.90 Å². The SMILES string of the molecule is C=C(CCC)C(=O)O.CCNCC.CCl. The standard InChI is InChI=1S/C6H10O2.C4H11N.CH3Cl/c1-3-4-5(2)6(7)8;1-3-5-4-2;1-2/h2-4H2,1H3,(H,7,8);5H,3-4H2,1-2H3;1H3. The van der Waals surface area contributed by atoms with Crippen LogP contribution in [-0.4, -0.2) is 30.5 Å². The van der Waals surface area contributed by atoms with Crippen LogP contribution in [0, 0.1) is 0 Å². The molecule has 4 heteroatoms. The third-order valence-electron chi connectivity index (χ3n) is 1.35. The molecular weight excluding hydrogens is 214 g/mol. The Labute approximate surface area is 98.5 Å². The van der Waals surface area contributed by atoms with Gasteiger partial charge in [-0.3, -0.25) is 0 Å². The molecule has 0 amide bonds. The monoisotopic (exact) mass is 237 g/mol. The van der Waals surface area contributed by atoms with Gasteiger partial charge >= 0.3 is 5.97 Å². The maximum absolute atomic E-state index is 9.99. The van der Waals surface area contributed by atoms with E-state index in [1.54, 1.807) is 0 Å². The van der Waals surface area contributed by atoms with Crippen LogP contribution in [0.25, 0.3) is 0 Å². The van der Waals surface area contributed by atoms with Gasteiger partial charge in [-0.1, -0.05) is 33.8 Å². The van der Waals surface area contributed by atoms with E-state index in [9.17, 15) is 4.79 Å². The average Bonchev–Trinajstić information content (AvgIpc) is 2.23. The molecule has 0 aliphatic heterocycles. The van der Waals surface area contributed by atoms with Crippen LogP contribution in [0.1, 0.15) is 33.6 Å². The third-order valence-corrected chi connectivity index (χ3v) is 1.35. The number of aliphatic carboxylic acids is 1. The number of alkyl halides is 1. The molecule has 0 rings (SSSR count). The predicted octanol–water partition coefficient (Wildman–Crippen LogP) is 2.90. The van der Waals surface area contributed by atoms with E-state index in [4.69, 9.17) is 5.11 Å². The second-order valence-corrected chi connectivity index (χ2v) is 2.62. The fraction of sp³-hybridized carbons (Fsp3) is 0.727. The summed E-state index contributed by atoms with van der Waals surface area (Å²) >= 11 is 4.64. The zero-order valence-electron chi connectivity index (χ0n) is 10.3. The second-order valence-electron chi connectivity index (χ2n) is 2.62. The number of halogens is 1. The van der Waals surface area contributed by atoms with Crippen LogP contribution in [0.4, 0.5) is 0 Å². The summed E-state index contributed by atoms with van der Waals surface area (Å²) in [5.74, 6) is -0.883. The predicted molar refractivity (Wildman–Crippen MR) is 67.7 cm³/mol. The van der Waals surface area contributed by atoms with Gasteiger partial charge in [-0.25, -0.2) is 4.79 Å². The van der Waals surface area contributed by atoms with Gasteiger partial charge in [-0.2, -0.15) is 0 Å². The van der Waals surface area contributed by atoms with Gasteiger partial charge < -0.3 is 10.4 Å². The highest BCUT2D eigenvalue weighted by Crippen LogP contribution is 1.99. The second kappa shape index (κ2) is 19.1. The van der Waals surface area contributed by atoms with Crippen molar-refractivity contribution in [1.29, 1.82) is 0 Å². The zero-order valence-corrected chi connectivity index (χ0v) is 11.0. The van der Waals surface area contributed by atoms with Crippen molar-refractivity contribution >= 4 is 17.6 Å². The molecule has 0 aliphatic rings. The average molecular weight is 238 g/mol. The number of carbonyl (C=O) groups is 1. The number of rotatable bonds is 5. The van der Waals surface area contributed by atoms with Gasteiger partial charge in [-0.15, -0.1) is 11.6 Å². The van der Waals surface area contributed by atoms with Crippen LogP contribution in [0.15, 0.2) is 12.2 Å². The summed E-state index contributed by atoms with van der Waals surface area (Å²) in [5.41, 5.74) is 0.299. The van der Waals surface area contributed by atoms with Crippen molar-refractivity contribution in [2.45, 2.75) is 33.6 Å². The molecule has 2 N–H and O–H groups in total. The minimum atomic E-state index is -0.883. The van der Waals surface area contributed by atoms with Gasteiger partial charge in [0.25, 0.3) is 0 Å². The molecule has 0 atom stereocenters. The highest BCUT2D eigenvalue weighted by molar-refractivity contribution is 6.15. The lowest BCUT2D eigenvalue weighted by atomic mass is 10.2. The fourth-order valence-electron chi connectivity index (χ4n) is 0.659. The Bertz CT molecular complexity index is 148. The summed E-state index contributed by atoms with van der Waals surface area (Å²) in [6.07, 6.45) is 2.92. The molecule has 15 heavy (non-hydrogen) atoms. The third kappa shape index (κ3) is 24.7. The van der Waals surface area contributed by atoms with Gasteiger partial charge in [0.05, 0.1) is 0 Å². The Balaban J connectivity index is -0.000000177. The maximum atomic E-state index is 9.99. The molecular formula is C11H24ClNO2. The van der Waals surface area contributed by atoms with E-state index in [-0.39, 0.29) is 0 Å². The van der Waals surface area contributed by atoms with Crippen LogP contribution in [0.3, 0.4) is 0 Å². The maximum Gasteiger partial charge on any atom is 0.330 e. The lowest BCUT2D eigenvalue weighted by molar-refractivity contribution is -0.132. The first-order valence-electron chi connectivity index (χ1n) is 5.09. The van der Waals surface area contributed by atoms with Crippen molar-refractivity contribution in [1.82, 2.24) is 5.32 Å². The molecule has 92 valence electrons. The molecule has 0 spiro atoms. The first-order valence-corrected chi connectivity index (χ1v) is 5.85. The summed E-state index contributed by atoms with van der Waals surface area (Å²) in [6.45, 7) is 11.7. The largest absolute Gasteiger partial charge is 0.478 e. The van der Waals surface area contributed by atoms with Gasteiger partial charge in [0.15, 0.2) is 0 Å². The van der Waals surface area contributed by atoms with Crippen LogP contribution in [-0.2, 0) is 4.79 Å². The van der Waals surface area contributed by atoms with Crippen molar-refractivity contribution in [3.05, 3.63) is 12.2 Å². The number of nitrogens with one attached hydrogen (secondary N) is 1. The highest BCUT2D eigenvalue weighted by Gasteiger charge is 1.99. The van der Waals surface area contributed by atoms with Gasteiger partial charge in [0.2, 0.25) is 0 Å². The molecule has 0 fully saturated rings. The van der Waals surface area contributed by atoms with Crippen LogP contribution < -0.4 is 5.32 Å². The lowest BCUT2D eigenvalue weighted by Gasteiger charge is -1.92. The molecule has 3 nitrogen and oxygen atoms in total. The quantitative estimate of drug-likeness (QED) is 0.571. The summed E-state index contributed by atoms with van der Waals surface area (Å²) in [4.78, 5) is 9.99. The highest BCUT2D eigenvalue weighted by atomic mass is 35.5. The lowest BCUT2D eigenvalue weighted by Crippen LogP contribution is -2.09. The van der Waals surface area contributed by atoms with E-state index < -0.39 is 5.97 Å². The van der Waals surface area contributed by atoms with E-state index in [1.165, 1.54) is 6.38 Å². The summed E-state index contributed by atoms with van der Waals surface area (Å²) < 4.78 is 0. The van der Waals surface area contributed by atoms with E-state index in [0.717, 1.165) is 19.5 Å². The normalized spacial score (nSPS) is 7.80. The van der Waals surface area contributed by atoms with Crippen molar-refractivity contribution in [3.8, 4) is 0 Å². The minimum Gasteiger partial charge on any atom is -0.478 e. The Morgan fingerprint density at radius 3 is 1.73 bits per heavy atom. The zero-order chi connectivity index (χ0) is 12.7. The number of carboxylic acid groups (broad SMARTS) is 1. The summed E-state index contributed by atoms with van der Waals surface area (Å²) in [5, 5.41) is 11.3. The number of carboxylic acids is 1. The fourth-order valence-corrected chi connectivity index (χ4v) is 0.659. The molecule has 0 aromatic rings. The number of hydrogen-bond acceptors (Lipinski definition) is 2. The molecule has 0 saturated carbocycles. The van der Waals surface area contributed by atoms with Crippen molar-refractivity contribution in [2.24, 2.45) is 0 Å². The van der Waals surface area contributed by atoms with Gasteiger partial charge in [-0.05, 0) is 19.5 Å². The Morgan fingerprint density at radius 2 is 1.67 bits per heavy atom. The van der Waals surface area contributed by atoms with E-state index >= 15 is 0 Å². The Kier molecular flexibility index (Phi) is 25.4. The minimum absolute atomic E-state index is 0.299. The molecule has 0 aliphatic carbocycles. The molecule has 0 aromatic heterocycles.